The number of rotatable bonds is 8. The van der Waals surface area contributed by atoms with Crippen LogP contribution in [0.2, 0.25) is 0 Å². The van der Waals surface area contributed by atoms with Crippen molar-refractivity contribution in [1.29, 1.82) is 0 Å². The van der Waals surface area contributed by atoms with Gasteiger partial charge in [-0.2, -0.15) is 0 Å². The molecule has 1 fully saturated rings. The summed E-state index contributed by atoms with van der Waals surface area (Å²) in [6, 6.07) is 0.534. The van der Waals surface area contributed by atoms with Crippen LogP contribution in [0.5, 0.6) is 0 Å². The summed E-state index contributed by atoms with van der Waals surface area (Å²) >= 11 is 0. The van der Waals surface area contributed by atoms with E-state index in [4.69, 9.17) is 4.74 Å². The Hall–Kier alpha value is -0.0800. The molecule has 0 aromatic heterocycles. The normalized spacial score (nSPS) is 28.2. The number of ether oxygens (including phenoxy) is 1. The molecule has 0 amide bonds. The predicted molar refractivity (Wildman–Crippen MR) is 74.4 cm³/mol. The van der Waals surface area contributed by atoms with Gasteiger partial charge in [-0.05, 0) is 45.1 Å². The lowest BCUT2D eigenvalue weighted by Crippen LogP contribution is -2.49. The van der Waals surface area contributed by atoms with Crippen molar-refractivity contribution >= 4 is 0 Å². The fraction of sp³-hybridized carbons (Fsp3) is 1.00. The van der Waals surface area contributed by atoms with E-state index in [1.807, 2.05) is 0 Å². The molecule has 2 nitrogen and oxygen atoms in total. The second-order valence-electron chi connectivity index (χ2n) is 5.90. The Morgan fingerprint density at radius 2 is 2.06 bits per heavy atom. The van der Waals surface area contributed by atoms with Crippen LogP contribution in [-0.4, -0.2) is 24.8 Å². The Morgan fingerprint density at radius 1 is 1.29 bits per heavy atom. The average molecular weight is 241 g/mol. The van der Waals surface area contributed by atoms with Crippen molar-refractivity contribution < 1.29 is 4.74 Å². The molecule has 1 aliphatic rings. The third kappa shape index (κ3) is 4.59. The fourth-order valence-corrected chi connectivity index (χ4v) is 2.96. The highest BCUT2D eigenvalue weighted by Crippen LogP contribution is 2.32. The molecule has 1 heterocycles. The van der Waals surface area contributed by atoms with E-state index >= 15 is 0 Å². The molecule has 1 aliphatic heterocycles. The van der Waals surface area contributed by atoms with Gasteiger partial charge in [0.25, 0.3) is 0 Å². The zero-order chi connectivity index (χ0) is 12.7. The van der Waals surface area contributed by atoms with Crippen molar-refractivity contribution in [3.63, 3.8) is 0 Å². The van der Waals surface area contributed by atoms with Crippen molar-refractivity contribution in [3.05, 3.63) is 0 Å². The van der Waals surface area contributed by atoms with Gasteiger partial charge in [0.05, 0.1) is 5.60 Å². The van der Waals surface area contributed by atoms with E-state index in [1.54, 1.807) is 0 Å². The van der Waals surface area contributed by atoms with Crippen LogP contribution in [0.4, 0.5) is 0 Å². The summed E-state index contributed by atoms with van der Waals surface area (Å²) in [5.41, 5.74) is 0.0805. The zero-order valence-electron chi connectivity index (χ0n) is 12.2. The molecular weight excluding hydrogens is 210 g/mol. The van der Waals surface area contributed by atoms with Crippen molar-refractivity contribution in [3.8, 4) is 0 Å². The highest BCUT2D eigenvalue weighted by atomic mass is 16.5. The first-order valence-electron chi connectivity index (χ1n) is 7.49. The van der Waals surface area contributed by atoms with Crippen molar-refractivity contribution in [2.45, 2.75) is 77.9 Å². The molecule has 3 atom stereocenters. The molecule has 1 saturated heterocycles. The summed E-state index contributed by atoms with van der Waals surface area (Å²) < 4.78 is 6.02. The lowest BCUT2D eigenvalue weighted by Gasteiger charge is -2.36. The zero-order valence-corrected chi connectivity index (χ0v) is 12.2. The van der Waals surface area contributed by atoms with E-state index in [-0.39, 0.29) is 5.60 Å². The fourth-order valence-electron chi connectivity index (χ4n) is 2.96. The molecule has 102 valence electrons. The number of hydrogen-bond acceptors (Lipinski definition) is 2. The van der Waals surface area contributed by atoms with Crippen molar-refractivity contribution in [2.24, 2.45) is 5.92 Å². The van der Waals surface area contributed by atoms with Crippen molar-refractivity contribution in [1.82, 2.24) is 5.32 Å². The summed E-state index contributed by atoms with van der Waals surface area (Å²) in [4.78, 5) is 0. The molecule has 1 N–H and O–H groups in total. The summed E-state index contributed by atoms with van der Waals surface area (Å²) in [6.07, 6.45) is 7.52. The molecule has 0 aromatic rings. The maximum Gasteiger partial charge on any atom is 0.0807 e. The third-order valence-electron chi connectivity index (χ3n) is 4.05. The molecule has 3 unspecified atom stereocenters. The molecule has 17 heavy (non-hydrogen) atoms. The van der Waals surface area contributed by atoms with Crippen LogP contribution in [0.15, 0.2) is 0 Å². The van der Waals surface area contributed by atoms with E-state index in [2.05, 4.69) is 33.0 Å². The maximum atomic E-state index is 6.02. The molecule has 0 bridgehead atoms. The van der Waals surface area contributed by atoms with Gasteiger partial charge in [-0.25, -0.2) is 0 Å². The second-order valence-corrected chi connectivity index (χ2v) is 5.90. The first kappa shape index (κ1) is 15.0. The maximum absolute atomic E-state index is 6.02. The van der Waals surface area contributed by atoms with Gasteiger partial charge in [-0.1, -0.05) is 33.6 Å². The lowest BCUT2D eigenvalue weighted by atomic mass is 9.85. The van der Waals surface area contributed by atoms with E-state index in [0.717, 1.165) is 19.1 Å². The lowest BCUT2D eigenvalue weighted by molar-refractivity contribution is -0.0177. The van der Waals surface area contributed by atoms with E-state index in [1.165, 1.54) is 38.5 Å². The Balaban J connectivity index is 2.52. The third-order valence-corrected chi connectivity index (χ3v) is 4.05. The minimum absolute atomic E-state index is 0.0805. The Kier molecular flexibility index (Phi) is 6.50. The smallest absolute Gasteiger partial charge is 0.0807 e. The Labute approximate surface area is 108 Å². The highest BCUT2D eigenvalue weighted by molar-refractivity contribution is 4.93. The number of hydrogen-bond donors (Lipinski definition) is 1. The average Bonchev–Trinajstić information content (AvgIpc) is 2.73. The predicted octanol–water partition coefficient (Wildman–Crippen LogP) is 3.75. The van der Waals surface area contributed by atoms with Crippen LogP contribution in [0.3, 0.4) is 0 Å². The summed E-state index contributed by atoms with van der Waals surface area (Å²) in [5, 5.41) is 3.72. The van der Waals surface area contributed by atoms with Gasteiger partial charge in [-0.3, -0.25) is 0 Å². The van der Waals surface area contributed by atoms with Crippen LogP contribution >= 0.6 is 0 Å². The van der Waals surface area contributed by atoms with Crippen molar-refractivity contribution in [2.75, 3.05) is 13.2 Å². The number of nitrogens with one attached hydrogen (secondary N) is 1. The molecule has 1 rings (SSSR count). The van der Waals surface area contributed by atoms with Gasteiger partial charge in [-0.15, -0.1) is 0 Å². The van der Waals surface area contributed by atoms with E-state index in [0.29, 0.717) is 6.04 Å². The van der Waals surface area contributed by atoms with Crippen LogP contribution < -0.4 is 5.32 Å². The summed E-state index contributed by atoms with van der Waals surface area (Å²) in [7, 11) is 0. The van der Waals surface area contributed by atoms with E-state index in [9.17, 15) is 0 Å². The van der Waals surface area contributed by atoms with Gasteiger partial charge in [0, 0.05) is 12.6 Å². The topological polar surface area (TPSA) is 21.3 Å². The molecule has 0 radical (unpaired) electrons. The van der Waals surface area contributed by atoms with Gasteiger partial charge >= 0.3 is 0 Å². The van der Waals surface area contributed by atoms with Gasteiger partial charge in [0.15, 0.2) is 0 Å². The van der Waals surface area contributed by atoms with Crippen LogP contribution in [0, 0.1) is 5.92 Å². The van der Waals surface area contributed by atoms with Gasteiger partial charge < -0.3 is 10.1 Å². The SMILES string of the molecule is CCCNC(CC(C)CCC)C1(C)CCCO1. The quantitative estimate of drug-likeness (QED) is 0.699. The monoisotopic (exact) mass is 241 g/mol. The first-order chi connectivity index (χ1) is 8.12. The van der Waals surface area contributed by atoms with Gasteiger partial charge in [0.2, 0.25) is 0 Å². The first-order valence-corrected chi connectivity index (χ1v) is 7.49. The summed E-state index contributed by atoms with van der Waals surface area (Å²) in [5.74, 6) is 0.801. The second kappa shape index (κ2) is 7.38. The molecule has 2 heteroatoms. The standard InChI is InChI=1S/C15H31NO/c1-5-8-13(3)12-14(16-10-6-2)15(4)9-7-11-17-15/h13-14,16H,5-12H2,1-4H3. The minimum atomic E-state index is 0.0805. The molecule has 0 spiro atoms. The Bertz CT molecular complexity index is 199. The molecule has 0 aromatic carbocycles. The molecular formula is C15H31NO. The Morgan fingerprint density at radius 3 is 2.59 bits per heavy atom. The van der Waals surface area contributed by atoms with Crippen LogP contribution in [0.25, 0.3) is 0 Å². The molecule has 0 saturated carbocycles. The van der Waals surface area contributed by atoms with Gasteiger partial charge in [0.1, 0.15) is 0 Å². The molecule has 0 aliphatic carbocycles. The highest BCUT2D eigenvalue weighted by Gasteiger charge is 2.38. The minimum Gasteiger partial charge on any atom is -0.374 e. The van der Waals surface area contributed by atoms with E-state index < -0.39 is 0 Å². The van der Waals surface area contributed by atoms with Crippen LogP contribution in [-0.2, 0) is 4.74 Å². The summed E-state index contributed by atoms with van der Waals surface area (Å²) in [6.45, 7) is 11.2. The largest absolute Gasteiger partial charge is 0.374 e. The van der Waals surface area contributed by atoms with Crippen LogP contribution in [0.1, 0.15) is 66.2 Å².